The lowest BCUT2D eigenvalue weighted by molar-refractivity contribution is -0.141. The Kier molecular flexibility index (Phi) is 7.16. The number of esters is 1. The molecule has 0 aliphatic heterocycles. The summed E-state index contributed by atoms with van der Waals surface area (Å²) in [6.07, 6.45) is -2.76. The second kappa shape index (κ2) is 10.3. The summed E-state index contributed by atoms with van der Waals surface area (Å²) < 4.78 is 49.9. The smallest absolute Gasteiger partial charge is 0.416 e. The van der Waals surface area contributed by atoms with E-state index in [0.717, 1.165) is 52.8 Å². The molecule has 0 aromatic heterocycles. The van der Waals surface area contributed by atoms with Crippen molar-refractivity contribution in [1.82, 2.24) is 0 Å². The Labute approximate surface area is 202 Å². The van der Waals surface area contributed by atoms with E-state index in [2.05, 4.69) is 11.8 Å². The van der Waals surface area contributed by atoms with Crippen LogP contribution in [0.5, 0.6) is 5.75 Å². The van der Waals surface area contributed by atoms with Gasteiger partial charge in [-0.3, -0.25) is 4.79 Å². The molecular weight excluding hydrogens is 453 g/mol. The zero-order valence-electron chi connectivity index (χ0n) is 19.5. The van der Waals surface area contributed by atoms with Gasteiger partial charge in [0.25, 0.3) is 0 Å². The van der Waals surface area contributed by atoms with Gasteiger partial charge in [0.05, 0.1) is 25.0 Å². The van der Waals surface area contributed by atoms with Gasteiger partial charge in [0.2, 0.25) is 0 Å². The van der Waals surface area contributed by atoms with Crippen LogP contribution in [0.4, 0.5) is 13.2 Å². The number of rotatable bonds is 6. The molecule has 2 unspecified atom stereocenters. The van der Waals surface area contributed by atoms with Gasteiger partial charge >= 0.3 is 12.1 Å². The predicted molar refractivity (Wildman–Crippen MR) is 128 cm³/mol. The minimum atomic E-state index is -4.35. The van der Waals surface area contributed by atoms with Gasteiger partial charge in [-0.15, -0.1) is 5.92 Å². The van der Waals surface area contributed by atoms with Gasteiger partial charge in [-0.2, -0.15) is 13.2 Å². The van der Waals surface area contributed by atoms with Crippen molar-refractivity contribution in [1.29, 1.82) is 0 Å². The van der Waals surface area contributed by atoms with Crippen molar-refractivity contribution in [3.63, 3.8) is 0 Å². The number of carbonyl (C=O) groups excluding carboxylic acids is 1. The summed E-state index contributed by atoms with van der Waals surface area (Å²) in [5.41, 5.74) is 4.10. The Balaban J connectivity index is 1.52. The van der Waals surface area contributed by atoms with Gasteiger partial charge in [-0.05, 0) is 71.8 Å². The first kappa shape index (κ1) is 24.4. The van der Waals surface area contributed by atoms with E-state index in [1.165, 1.54) is 19.2 Å². The van der Waals surface area contributed by atoms with E-state index in [0.29, 0.717) is 5.75 Å². The standard InChI is InChI=1S/C29H25F3O3/c1-3-5-21(18-28(33)34-2)19-10-14-23(15-11-19)35-27-17-16-25-24(6-4-7-26(25)27)20-8-12-22(13-9-20)29(30,31)32/h4,6-15,21,27H,16-18H2,1-2H3. The van der Waals surface area contributed by atoms with E-state index < -0.39 is 11.7 Å². The van der Waals surface area contributed by atoms with Crippen molar-refractivity contribution in [3.8, 4) is 28.7 Å². The molecule has 0 heterocycles. The van der Waals surface area contributed by atoms with Crippen LogP contribution >= 0.6 is 0 Å². The fourth-order valence-corrected chi connectivity index (χ4v) is 4.47. The zero-order chi connectivity index (χ0) is 25.0. The number of carbonyl (C=O) groups is 1. The molecule has 0 saturated carbocycles. The van der Waals surface area contributed by atoms with Gasteiger partial charge in [0.1, 0.15) is 11.9 Å². The van der Waals surface area contributed by atoms with Crippen LogP contribution in [0.15, 0.2) is 66.7 Å². The summed E-state index contributed by atoms with van der Waals surface area (Å²) >= 11 is 0. The third-order valence-electron chi connectivity index (χ3n) is 6.22. The molecule has 3 aromatic rings. The molecule has 3 nitrogen and oxygen atoms in total. The van der Waals surface area contributed by atoms with E-state index in [-0.39, 0.29) is 24.4 Å². The monoisotopic (exact) mass is 478 g/mol. The molecule has 0 N–H and O–H groups in total. The van der Waals surface area contributed by atoms with Crippen molar-refractivity contribution < 1.29 is 27.4 Å². The molecule has 2 atom stereocenters. The van der Waals surface area contributed by atoms with Gasteiger partial charge in [0.15, 0.2) is 0 Å². The average molecular weight is 479 g/mol. The first-order valence-electron chi connectivity index (χ1n) is 11.3. The highest BCUT2D eigenvalue weighted by Gasteiger charge is 2.31. The molecular formula is C29H25F3O3. The van der Waals surface area contributed by atoms with Gasteiger partial charge < -0.3 is 9.47 Å². The number of fused-ring (bicyclic) bond motifs is 1. The second-order valence-electron chi connectivity index (χ2n) is 8.39. The molecule has 0 bridgehead atoms. The highest BCUT2D eigenvalue weighted by atomic mass is 19.4. The summed E-state index contributed by atoms with van der Waals surface area (Å²) in [7, 11) is 1.36. The molecule has 4 rings (SSSR count). The van der Waals surface area contributed by atoms with Crippen LogP contribution in [-0.2, 0) is 22.1 Å². The number of alkyl halides is 3. The molecule has 180 valence electrons. The Morgan fingerprint density at radius 1 is 1.06 bits per heavy atom. The van der Waals surface area contributed by atoms with Crippen LogP contribution in [0.2, 0.25) is 0 Å². The van der Waals surface area contributed by atoms with Crippen molar-refractivity contribution in [2.24, 2.45) is 0 Å². The van der Waals surface area contributed by atoms with Crippen LogP contribution in [0.25, 0.3) is 11.1 Å². The molecule has 35 heavy (non-hydrogen) atoms. The summed E-state index contributed by atoms with van der Waals surface area (Å²) in [6.45, 7) is 1.73. The third kappa shape index (κ3) is 5.51. The van der Waals surface area contributed by atoms with Gasteiger partial charge in [-0.25, -0.2) is 0 Å². The molecule has 3 aromatic carbocycles. The number of hydrogen-bond donors (Lipinski definition) is 0. The van der Waals surface area contributed by atoms with E-state index >= 15 is 0 Å². The first-order chi connectivity index (χ1) is 16.8. The van der Waals surface area contributed by atoms with Gasteiger partial charge in [-0.1, -0.05) is 48.4 Å². The summed E-state index contributed by atoms with van der Waals surface area (Å²) in [6, 6.07) is 18.7. The van der Waals surface area contributed by atoms with Crippen molar-refractivity contribution >= 4 is 5.97 Å². The lowest BCUT2D eigenvalue weighted by Crippen LogP contribution is -2.08. The van der Waals surface area contributed by atoms with E-state index in [4.69, 9.17) is 9.47 Å². The summed E-state index contributed by atoms with van der Waals surface area (Å²) in [4.78, 5) is 11.7. The van der Waals surface area contributed by atoms with Crippen LogP contribution in [-0.4, -0.2) is 13.1 Å². The average Bonchev–Trinajstić information content (AvgIpc) is 3.26. The maximum absolute atomic E-state index is 12.9. The first-order valence-corrected chi connectivity index (χ1v) is 11.3. The van der Waals surface area contributed by atoms with E-state index in [1.807, 2.05) is 42.5 Å². The Hall–Kier alpha value is -3.72. The molecule has 0 saturated heterocycles. The van der Waals surface area contributed by atoms with Crippen LogP contribution in [0.3, 0.4) is 0 Å². The predicted octanol–water partition coefficient (Wildman–Crippen LogP) is 7.11. The maximum Gasteiger partial charge on any atom is 0.416 e. The highest BCUT2D eigenvalue weighted by Crippen LogP contribution is 2.41. The summed E-state index contributed by atoms with van der Waals surface area (Å²) in [5, 5.41) is 0. The lowest BCUT2D eigenvalue weighted by Gasteiger charge is -2.17. The van der Waals surface area contributed by atoms with Crippen LogP contribution < -0.4 is 4.74 Å². The lowest BCUT2D eigenvalue weighted by atomic mass is 9.96. The number of benzene rings is 3. The van der Waals surface area contributed by atoms with Crippen molar-refractivity contribution in [2.45, 2.75) is 44.4 Å². The topological polar surface area (TPSA) is 35.5 Å². The SMILES string of the molecule is CC#CC(CC(=O)OC)c1ccc(OC2CCc3c(-c4ccc(C(F)(F)F)cc4)cccc32)cc1. The molecule has 6 heteroatoms. The molecule has 0 radical (unpaired) electrons. The van der Waals surface area contributed by atoms with Gasteiger partial charge in [0, 0.05) is 0 Å². The van der Waals surface area contributed by atoms with Crippen molar-refractivity contribution in [3.05, 3.63) is 89.0 Å². The Bertz CT molecular complexity index is 1250. The molecule has 1 aliphatic carbocycles. The number of halogens is 3. The number of ether oxygens (including phenoxy) is 2. The molecule has 1 aliphatic rings. The fraction of sp³-hybridized carbons (Fsp3) is 0.276. The maximum atomic E-state index is 12.9. The fourth-order valence-electron chi connectivity index (χ4n) is 4.47. The molecule has 0 fully saturated rings. The minimum absolute atomic E-state index is 0.147. The molecule has 0 amide bonds. The van der Waals surface area contributed by atoms with Crippen molar-refractivity contribution in [2.75, 3.05) is 7.11 Å². The van der Waals surface area contributed by atoms with E-state index in [9.17, 15) is 18.0 Å². The van der Waals surface area contributed by atoms with Crippen LogP contribution in [0.1, 0.15) is 54.0 Å². The normalized spacial score (nSPS) is 15.5. The Morgan fingerprint density at radius 3 is 2.40 bits per heavy atom. The second-order valence-corrected chi connectivity index (χ2v) is 8.39. The summed E-state index contributed by atoms with van der Waals surface area (Å²) in [5.74, 6) is 6.05. The van der Waals surface area contributed by atoms with Crippen LogP contribution in [0, 0.1) is 11.8 Å². The van der Waals surface area contributed by atoms with E-state index in [1.54, 1.807) is 6.92 Å². The quantitative estimate of drug-likeness (QED) is 0.280. The highest BCUT2D eigenvalue weighted by molar-refractivity contribution is 5.71. The number of methoxy groups -OCH3 is 1. The number of hydrogen-bond acceptors (Lipinski definition) is 3. The minimum Gasteiger partial charge on any atom is -0.486 e. The third-order valence-corrected chi connectivity index (χ3v) is 6.22. The largest absolute Gasteiger partial charge is 0.486 e. The Morgan fingerprint density at radius 2 is 1.77 bits per heavy atom. The molecule has 0 spiro atoms. The zero-order valence-corrected chi connectivity index (χ0v) is 19.5.